The molecule has 0 heterocycles. The van der Waals surface area contributed by atoms with Gasteiger partial charge in [0.05, 0.1) is 0 Å². The van der Waals surface area contributed by atoms with E-state index in [1.54, 1.807) is 4.90 Å². The van der Waals surface area contributed by atoms with Gasteiger partial charge in [-0.05, 0) is 61.4 Å². The Hall–Kier alpha value is -2.69. The van der Waals surface area contributed by atoms with E-state index in [4.69, 9.17) is 0 Å². The van der Waals surface area contributed by atoms with Gasteiger partial charge in [-0.3, -0.25) is 9.59 Å². The second-order valence-electron chi connectivity index (χ2n) is 5.82. The van der Waals surface area contributed by atoms with Gasteiger partial charge in [-0.1, -0.05) is 6.07 Å². The van der Waals surface area contributed by atoms with Crippen molar-refractivity contribution in [1.29, 1.82) is 0 Å². The summed E-state index contributed by atoms with van der Waals surface area (Å²) in [6, 6.07) is 11.4. The van der Waals surface area contributed by atoms with Crippen LogP contribution < -0.4 is 10.2 Å². The Labute approximate surface area is 141 Å². The van der Waals surface area contributed by atoms with Crippen molar-refractivity contribution in [1.82, 2.24) is 0 Å². The van der Waals surface area contributed by atoms with Gasteiger partial charge in [0.25, 0.3) is 0 Å². The molecule has 24 heavy (non-hydrogen) atoms. The summed E-state index contributed by atoms with van der Waals surface area (Å²) in [5.74, 6) is -0.697. The Kier molecular flexibility index (Phi) is 5.68. The molecule has 0 aliphatic rings. The van der Waals surface area contributed by atoms with Gasteiger partial charge in [0.1, 0.15) is 5.82 Å². The first-order chi connectivity index (χ1) is 11.3. The summed E-state index contributed by atoms with van der Waals surface area (Å²) in [4.78, 5) is 25.6. The van der Waals surface area contributed by atoms with Crippen LogP contribution in [0.1, 0.15) is 24.5 Å². The smallest absolute Gasteiger partial charge is 0.226 e. The van der Waals surface area contributed by atoms with E-state index < -0.39 is 0 Å². The van der Waals surface area contributed by atoms with Crippen molar-refractivity contribution in [3.63, 3.8) is 0 Å². The average molecular weight is 328 g/mol. The van der Waals surface area contributed by atoms with E-state index in [0.717, 1.165) is 16.8 Å². The van der Waals surface area contributed by atoms with Crippen molar-refractivity contribution in [2.75, 3.05) is 16.8 Å². The summed E-state index contributed by atoms with van der Waals surface area (Å²) < 4.78 is 12.9. The van der Waals surface area contributed by atoms with Crippen molar-refractivity contribution < 1.29 is 14.0 Å². The molecule has 0 aliphatic carbocycles. The zero-order valence-corrected chi connectivity index (χ0v) is 14.1. The van der Waals surface area contributed by atoms with Gasteiger partial charge in [0, 0.05) is 31.3 Å². The van der Waals surface area contributed by atoms with Crippen LogP contribution in [0.3, 0.4) is 0 Å². The number of aryl methyl sites for hydroxylation is 2. The van der Waals surface area contributed by atoms with Crippen LogP contribution in [0.15, 0.2) is 42.5 Å². The lowest BCUT2D eigenvalue weighted by Gasteiger charge is -2.22. The lowest BCUT2D eigenvalue weighted by molar-refractivity contribution is -0.117. The van der Waals surface area contributed by atoms with Gasteiger partial charge >= 0.3 is 0 Å². The Morgan fingerprint density at radius 1 is 1.04 bits per heavy atom. The molecule has 0 spiro atoms. The van der Waals surface area contributed by atoms with Gasteiger partial charge in [0.15, 0.2) is 0 Å². The first kappa shape index (κ1) is 17.7. The molecule has 5 heteroatoms. The highest BCUT2D eigenvalue weighted by Gasteiger charge is 2.14. The molecule has 2 rings (SSSR count). The van der Waals surface area contributed by atoms with E-state index in [9.17, 15) is 14.0 Å². The number of nitrogens with one attached hydrogen (secondary N) is 1. The molecule has 126 valence electrons. The quantitative estimate of drug-likeness (QED) is 0.907. The number of rotatable bonds is 5. The molecule has 2 aromatic carbocycles. The number of carbonyl (C=O) groups excluding carboxylic acids is 2. The third-order valence-corrected chi connectivity index (χ3v) is 3.59. The number of anilines is 2. The topological polar surface area (TPSA) is 49.4 Å². The van der Waals surface area contributed by atoms with Crippen LogP contribution in [0.25, 0.3) is 0 Å². The minimum Gasteiger partial charge on any atom is -0.326 e. The molecule has 4 nitrogen and oxygen atoms in total. The minimum absolute atomic E-state index is 0.116. The van der Waals surface area contributed by atoms with Crippen molar-refractivity contribution in [3.8, 4) is 0 Å². The fourth-order valence-corrected chi connectivity index (χ4v) is 2.54. The van der Waals surface area contributed by atoms with Gasteiger partial charge in [-0.2, -0.15) is 0 Å². The molecule has 0 aliphatic heterocycles. The molecule has 0 saturated heterocycles. The fourth-order valence-electron chi connectivity index (χ4n) is 2.54. The number of hydrogen-bond donors (Lipinski definition) is 1. The maximum atomic E-state index is 12.9. The first-order valence-corrected chi connectivity index (χ1v) is 7.77. The summed E-state index contributed by atoms with van der Waals surface area (Å²) in [6.45, 7) is 5.70. The molecule has 0 bridgehead atoms. The molecule has 0 fully saturated rings. The second kappa shape index (κ2) is 7.73. The van der Waals surface area contributed by atoms with Crippen molar-refractivity contribution in [2.45, 2.75) is 27.2 Å². The van der Waals surface area contributed by atoms with Crippen LogP contribution in [0.2, 0.25) is 0 Å². The van der Waals surface area contributed by atoms with E-state index in [1.807, 2.05) is 32.0 Å². The third-order valence-electron chi connectivity index (χ3n) is 3.59. The highest BCUT2D eigenvalue weighted by Crippen LogP contribution is 2.19. The maximum Gasteiger partial charge on any atom is 0.226 e. The van der Waals surface area contributed by atoms with Crippen LogP contribution in [-0.4, -0.2) is 18.4 Å². The van der Waals surface area contributed by atoms with Gasteiger partial charge in [-0.25, -0.2) is 4.39 Å². The largest absolute Gasteiger partial charge is 0.326 e. The Balaban J connectivity index is 2.02. The number of benzene rings is 2. The Bertz CT molecular complexity index is 721. The van der Waals surface area contributed by atoms with Crippen molar-refractivity contribution in [2.24, 2.45) is 0 Å². The predicted molar refractivity (Wildman–Crippen MR) is 93.6 cm³/mol. The predicted octanol–water partition coefficient (Wildman–Crippen LogP) is 3.82. The van der Waals surface area contributed by atoms with E-state index >= 15 is 0 Å². The van der Waals surface area contributed by atoms with E-state index in [0.29, 0.717) is 5.69 Å². The van der Waals surface area contributed by atoms with E-state index in [1.165, 1.54) is 31.2 Å². The van der Waals surface area contributed by atoms with Crippen LogP contribution in [0.5, 0.6) is 0 Å². The molecule has 2 amide bonds. The molecule has 2 aromatic rings. The van der Waals surface area contributed by atoms with Crippen molar-refractivity contribution >= 4 is 23.2 Å². The molecule has 0 unspecified atom stereocenters. The van der Waals surface area contributed by atoms with E-state index in [-0.39, 0.29) is 30.6 Å². The highest BCUT2D eigenvalue weighted by atomic mass is 19.1. The summed E-state index contributed by atoms with van der Waals surface area (Å²) in [6.07, 6.45) is 0.157. The summed E-state index contributed by atoms with van der Waals surface area (Å²) in [5, 5.41) is 2.69. The summed E-state index contributed by atoms with van der Waals surface area (Å²) in [5.41, 5.74) is 3.44. The monoisotopic (exact) mass is 328 g/mol. The molecule has 0 saturated carbocycles. The number of nitrogens with zero attached hydrogens (tertiary/aromatic N) is 1. The number of carbonyl (C=O) groups is 2. The number of halogens is 1. The van der Waals surface area contributed by atoms with Crippen LogP contribution in [0.4, 0.5) is 15.8 Å². The first-order valence-electron chi connectivity index (χ1n) is 7.77. The number of amides is 2. The lowest BCUT2D eigenvalue weighted by Crippen LogP contribution is -2.32. The van der Waals surface area contributed by atoms with Gasteiger partial charge in [-0.15, -0.1) is 0 Å². The molecule has 0 atom stereocenters. The lowest BCUT2D eigenvalue weighted by atomic mass is 10.1. The van der Waals surface area contributed by atoms with Crippen molar-refractivity contribution in [3.05, 3.63) is 59.4 Å². The third kappa shape index (κ3) is 4.91. The van der Waals surface area contributed by atoms with Crippen LogP contribution in [-0.2, 0) is 9.59 Å². The Morgan fingerprint density at radius 2 is 1.62 bits per heavy atom. The van der Waals surface area contributed by atoms with Gasteiger partial charge in [0.2, 0.25) is 11.8 Å². The zero-order valence-electron chi connectivity index (χ0n) is 14.1. The van der Waals surface area contributed by atoms with Crippen LogP contribution in [0, 0.1) is 19.7 Å². The van der Waals surface area contributed by atoms with Crippen LogP contribution >= 0.6 is 0 Å². The zero-order chi connectivity index (χ0) is 17.7. The SMILES string of the molecule is CC(=O)N(CCC(=O)Nc1ccc(F)cc1)c1cc(C)cc(C)c1. The van der Waals surface area contributed by atoms with Gasteiger partial charge < -0.3 is 10.2 Å². The molecule has 0 aromatic heterocycles. The fraction of sp³-hybridized carbons (Fsp3) is 0.263. The molecular formula is C19H21FN2O2. The molecule has 0 radical (unpaired) electrons. The Morgan fingerprint density at radius 3 is 2.17 bits per heavy atom. The molecule has 1 N–H and O–H groups in total. The summed E-state index contributed by atoms with van der Waals surface area (Å²) in [7, 11) is 0. The second-order valence-corrected chi connectivity index (χ2v) is 5.82. The normalized spacial score (nSPS) is 10.3. The van der Waals surface area contributed by atoms with E-state index in [2.05, 4.69) is 5.32 Å². The highest BCUT2D eigenvalue weighted by molar-refractivity contribution is 5.94. The number of hydrogen-bond acceptors (Lipinski definition) is 2. The maximum absolute atomic E-state index is 12.9. The molecular weight excluding hydrogens is 307 g/mol. The minimum atomic E-state index is -0.356. The summed E-state index contributed by atoms with van der Waals surface area (Å²) >= 11 is 0. The standard InChI is InChI=1S/C19H21FN2O2/c1-13-10-14(2)12-18(11-13)22(15(3)23)9-8-19(24)21-17-6-4-16(20)5-7-17/h4-7,10-12H,8-9H2,1-3H3,(H,21,24). The average Bonchev–Trinajstić information content (AvgIpc) is 2.48.